The third-order valence-electron chi connectivity index (χ3n) is 11.8. The number of rotatable bonds is 3. The third kappa shape index (κ3) is 4.41. The molecule has 0 amide bonds. The van der Waals surface area contributed by atoms with Gasteiger partial charge in [-0.2, -0.15) is 0 Å². The largest absolute Gasteiger partial charge is 0.455 e. The Morgan fingerprint density at radius 2 is 0.782 bits per heavy atom. The zero-order valence-electron chi connectivity index (χ0n) is 29.9. The van der Waals surface area contributed by atoms with Crippen LogP contribution in [0.5, 0.6) is 0 Å². The Bertz CT molecular complexity index is 3480. The van der Waals surface area contributed by atoms with Crippen LogP contribution in [0.2, 0.25) is 0 Å². The smallest absolute Gasteiger partial charge is 0.143 e. The fourth-order valence-electron chi connectivity index (χ4n) is 9.44. The molecule has 0 unspecified atom stereocenters. The fraction of sp³-hybridized carbons (Fsp3) is 0. The average molecular weight is 697 g/mol. The van der Waals surface area contributed by atoms with Crippen LogP contribution >= 0.6 is 0 Å². The van der Waals surface area contributed by atoms with Crippen molar-refractivity contribution in [2.45, 2.75) is 0 Å². The molecule has 11 aromatic carbocycles. The van der Waals surface area contributed by atoms with Gasteiger partial charge in [-0.05, 0) is 111 Å². The van der Waals surface area contributed by atoms with Crippen molar-refractivity contribution < 1.29 is 4.42 Å². The van der Waals surface area contributed by atoms with Gasteiger partial charge in [0, 0.05) is 16.2 Å². The van der Waals surface area contributed by atoms with E-state index in [-0.39, 0.29) is 0 Å². The first kappa shape index (κ1) is 30.3. The molecule has 0 atom stereocenters. The van der Waals surface area contributed by atoms with E-state index in [1.54, 1.807) is 0 Å². The van der Waals surface area contributed by atoms with Crippen molar-refractivity contribution in [2.24, 2.45) is 0 Å². The molecule has 0 bridgehead atoms. The van der Waals surface area contributed by atoms with E-state index in [4.69, 9.17) is 4.42 Å². The van der Waals surface area contributed by atoms with Crippen molar-refractivity contribution >= 4 is 86.6 Å². The molecule has 12 aromatic rings. The minimum Gasteiger partial charge on any atom is -0.455 e. The fourth-order valence-corrected chi connectivity index (χ4v) is 9.44. The Hall–Kier alpha value is -7.22. The molecule has 0 aliphatic carbocycles. The number of furan rings is 1. The molecule has 0 spiro atoms. The van der Waals surface area contributed by atoms with E-state index in [9.17, 15) is 0 Å². The molecule has 254 valence electrons. The van der Waals surface area contributed by atoms with E-state index in [1.807, 2.05) is 0 Å². The second kappa shape index (κ2) is 11.6. The zero-order valence-corrected chi connectivity index (χ0v) is 29.9. The highest BCUT2D eigenvalue weighted by Crippen LogP contribution is 2.47. The van der Waals surface area contributed by atoms with E-state index in [0.29, 0.717) is 0 Å². The quantitative estimate of drug-likeness (QED) is 0.132. The summed E-state index contributed by atoms with van der Waals surface area (Å²) >= 11 is 0. The lowest BCUT2D eigenvalue weighted by atomic mass is 9.83. The number of benzene rings is 11. The predicted molar refractivity (Wildman–Crippen MR) is 235 cm³/mol. The van der Waals surface area contributed by atoms with Crippen molar-refractivity contribution in [2.75, 3.05) is 0 Å². The van der Waals surface area contributed by atoms with Gasteiger partial charge in [0.15, 0.2) is 0 Å². The molecule has 0 aliphatic heterocycles. The lowest BCUT2D eigenvalue weighted by Crippen LogP contribution is -1.92. The summed E-state index contributed by atoms with van der Waals surface area (Å²) in [5.41, 5.74) is 9.26. The van der Waals surface area contributed by atoms with Gasteiger partial charge in [0.05, 0.1) is 0 Å². The van der Waals surface area contributed by atoms with Crippen molar-refractivity contribution in [1.82, 2.24) is 0 Å². The van der Waals surface area contributed by atoms with Gasteiger partial charge in [-0.15, -0.1) is 0 Å². The van der Waals surface area contributed by atoms with Crippen LogP contribution in [-0.2, 0) is 0 Å². The maximum absolute atomic E-state index is 6.66. The molecule has 12 rings (SSSR count). The van der Waals surface area contributed by atoms with E-state index in [0.717, 1.165) is 32.9 Å². The van der Waals surface area contributed by atoms with Gasteiger partial charge in [0.25, 0.3) is 0 Å². The van der Waals surface area contributed by atoms with Crippen LogP contribution in [-0.4, -0.2) is 0 Å². The number of fused-ring (bicyclic) bond motifs is 12. The summed E-state index contributed by atoms with van der Waals surface area (Å²) in [4.78, 5) is 0. The Balaban J connectivity index is 1.14. The molecule has 0 saturated heterocycles. The maximum atomic E-state index is 6.66. The summed E-state index contributed by atoms with van der Waals surface area (Å²) < 4.78 is 6.66. The highest BCUT2D eigenvalue weighted by atomic mass is 16.3. The predicted octanol–water partition coefficient (Wildman–Crippen LogP) is 15.5. The van der Waals surface area contributed by atoms with E-state index in [1.165, 1.54) is 87.1 Å². The van der Waals surface area contributed by atoms with Gasteiger partial charge in [0.1, 0.15) is 11.2 Å². The van der Waals surface area contributed by atoms with Crippen LogP contribution in [0.3, 0.4) is 0 Å². The molecule has 0 fully saturated rings. The summed E-state index contributed by atoms with van der Waals surface area (Å²) in [6.45, 7) is 0. The molecular formula is C54H32O. The molecule has 0 N–H and O–H groups in total. The lowest BCUT2D eigenvalue weighted by Gasteiger charge is -2.20. The normalized spacial score (nSPS) is 12.0. The van der Waals surface area contributed by atoms with Gasteiger partial charge < -0.3 is 4.42 Å². The van der Waals surface area contributed by atoms with Crippen LogP contribution in [0.25, 0.3) is 120 Å². The Morgan fingerprint density at radius 3 is 1.47 bits per heavy atom. The molecule has 0 saturated carbocycles. The molecule has 0 radical (unpaired) electrons. The molecule has 1 aromatic heterocycles. The lowest BCUT2D eigenvalue weighted by molar-refractivity contribution is 0.673. The van der Waals surface area contributed by atoms with Gasteiger partial charge in [-0.25, -0.2) is 0 Å². The Kier molecular flexibility index (Phi) is 6.40. The number of hydrogen-bond donors (Lipinski definition) is 0. The zero-order chi connectivity index (χ0) is 36.0. The Morgan fingerprint density at radius 1 is 0.273 bits per heavy atom. The second-order valence-corrected chi connectivity index (χ2v) is 14.7. The maximum Gasteiger partial charge on any atom is 0.143 e. The van der Waals surface area contributed by atoms with Gasteiger partial charge >= 0.3 is 0 Å². The third-order valence-corrected chi connectivity index (χ3v) is 11.8. The summed E-state index contributed by atoms with van der Waals surface area (Å²) in [7, 11) is 0. The second-order valence-electron chi connectivity index (χ2n) is 14.7. The van der Waals surface area contributed by atoms with Crippen LogP contribution in [0, 0.1) is 0 Å². The van der Waals surface area contributed by atoms with Crippen LogP contribution in [0.15, 0.2) is 199 Å². The number of hydrogen-bond acceptors (Lipinski definition) is 1. The van der Waals surface area contributed by atoms with Gasteiger partial charge in [-0.1, -0.05) is 176 Å². The van der Waals surface area contributed by atoms with Crippen LogP contribution in [0.4, 0.5) is 0 Å². The molecule has 55 heavy (non-hydrogen) atoms. The highest BCUT2D eigenvalue weighted by Gasteiger charge is 2.20. The van der Waals surface area contributed by atoms with Crippen molar-refractivity contribution in [3.8, 4) is 33.4 Å². The first-order valence-electron chi connectivity index (χ1n) is 19.0. The van der Waals surface area contributed by atoms with E-state index >= 15 is 0 Å². The minimum absolute atomic E-state index is 0.909. The molecule has 0 aliphatic rings. The average Bonchev–Trinajstić information content (AvgIpc) is 3.64. The van der Waals surface area contributed by atoms with Crippen molar-refractivity contribution in [1.29, 1.82) is 0 Å². The summed E-state index contributed by atoms with van der Waals surface area (Å²) in [5.74, 6) is 0. The van der Waals surface area contributed by atoms with Gasteiger partial charge in [-0.3, -0.25) is 0 Å². The standard InChI is InChI=1S/C54H32O/c1-2-13-34(14-3-1)51-41-18-6-8-20-43(41)53(44-21-9-7-19-42(44)51)48-23-11-16-36-26-29-45-46(52(36)48)30-25-35-15-10-22-38(50(35)45)37-27-28-40-47-31-24-33-12-4-5-17-39(33)54(47)55-49(40)32-37/h1-32H. The molecular weight excluding hydrogens is 665 g/mol. The molecule has 1 nitrogen and oxygen atoms in total. The Labute approximate surface area is 317 Å². The van der Waals surface area contributed by atoms with Gasteiger partial charge in [0.2, 0.25) is 0 Å². The minimum atomic E-state index is 0.909. The van der Waals surface area contributed by atoms with E-state index < -0.39 is 0 Å². The van der Waals surface area contributed by atoms with Crippen molar-refractivity contribution in [3.05, 3.63) is 194 Å². The first-order valence-corrected chi connectivity index (χ1v) is 19.0. The highest BCUT2D eigenvalue weighted by molar-refractivity contribution is 6.29. The monoisotopic (exact) mass is 696 g/mol. The van der Waals surface area contributed by atoms with Crippen molar-refractivity contribution in [3.63, 3.8) is 0 Å². The molecule has 1 heteroatoms. The van der Waals surface area contributed by atoms with E-state index in [2.05, 4.69) is 194 Å². The topological polar surface area (TPSA) is 13.1 Å². The SMILES string of the molecule is c1ccc(-c2c3ccccc3c(-c3cccc4ccc5c(ccc6cccc(-c7ccc8c(c7)oc7c9ccccc9ccc87)c65)c34)c3ccccc23)cc1. The summed E-state index contributed by atoms with van der Waals surface area (Å²) in [6, 6.07) is 71.1. The van der Waals surface area contributed by atoms with Crippen LogP contribution < -0.4 is 0 Å². The summed E-state index contributed by atoms with van der Waals surface area (Å²) in [6.07, 6.45) is 0. The van der Waals surface area contributed by atoms with Crippen LogP contribution in [0.1, 0.15) is 0 Å². The summed E-state index contributed by atoms with van der Waals surface area (Å²) in [5, 5.41) is 17.2. The molecule has 1 heterocycles. The first-order chi connectivity index (χ1) is 27.3.